The van der Waals surface area contributed by atoms with Crippen molar-refractivity contribution in [3.63, 3.8) is 0 Å². The van der Waals surface area contributed by atoms with E-state index in [4.69, 9.17) is 9.47 Å². The van der Waals surface area contributed by atoms with Crippen LogP contribution in [0.5, 0.6) is 17.2 Å². The highest BCUT2D eigenvalue weighted by atomic mass is 16.5. The lowest BCUT2D eigenvalue weighted by atomic mass is 10.0. The van der Waals surface area contributed by atoms with E-state index in [1.807, 2.05) is 0 Å². The molecule has 0 bridgehead atoms. The van der Waals surface area contributed by atoms with Gasteiger partial charge in [-0.2, -0.15) is 0 Å². The van der Waals surface area contributed by atoms with Gasteiger partial charge in [0.25, 0.3) is 11.5 Å². The van der Waals surface area contributed by atoms with Gasteiger partial charge in [-0.25, -0.2) is 4.68 Å². The molecule has 0 fully saturated rings. The number of aromatic hydroxyl groups is 1. The molecule has 4 aromatic rings. The maximum absolute atomic E-state index is 13.7. The van der Waals surface area contributed by atoms with Crippen LogP contribution in [-0.4, -0.2) is 35.7 Å². The second-order valence-electron chi connectivity index (χ2n) is 7.45. The Kier molecular flexibility index (Phi) is 4.63. The number of phenols is 1. The van der Waals surface area contributed by atoms with Gasteiger partial charge < -0.3 is 14.6 Å². The summed E-state index contributed by atoms with van der Waals surface area (Å²) in [7, 11) is 2.85. The number of carbonyl (C=O) groups is 2. The lowest BCUT2D eigenvalue weighted by molar-refractivity contribution is 0.100. The highest BCUT2D eigenvalue weighted by Gasteiger charge is 2.34. The standard InChI is InChI=1S/C25H18N2O6/c1-32-18-12-11-17-19-21(15-5-3-4-6-16(15)22(19)29)27(25(31)20(17)23(18)33-2)26-24(30)13-7-9-14(28)10-8-13/h3-12,28H,1-2H3,(H,26,30). The van der Waals surface area contributed by atoms with Gasteiger partial charge in [-0.3, -0.25) is 19.8 Å². The van der Waals surface area contributed by atoms with Crippen LogP contribution in [0.25, 0.3) is 22.0 Å². The summed E-state index contributed by atoms with van der Waals surface area (Å²) in [5.74, 6) is -0.352. The predicted molar refractivity (Wildman–Crippen MR) is 122 cm³/mol. The van der Waals surface area contributed by atoms with Crippen LogP contribution in [0.2, 0.25) is 0 Å². The van der Waals surface area contributed by atoms with Crippen molar-refractivity contribution in [2.75, 3.05) is 19.6 Å². The topological polar surface area (TPSA) is 107 Å². The van der Waals surface area contributed by atoms with Crippen molar-refractivity contribution < 1.29 is 24.2 Å². The minimum atomic E-state index is -0.586. The Morgan fingerprint density at radius 3 is 2.27 bits per heavy atom. The summed E-state index contributed by atoms with van der Waals surface area (Å²) in [6.07, 6.45) is 0. The molecule has 1 aliphatic carbocycles. The Labute approximate surface area is 187 Å². The summed E-state index contributed by atoms with van der Waals surface area (Å²) in [4.78, 5) is 40.1. The summed E-state index contributed by atoms with van der Waals surface area (Å²) in [5, 5.41) is 10.0. The zero-order valence-corrected chi connectivity index (χ0v) is 17.7. The number of phenolic OH excluding ortho intramolecular Hbond substituents is 1. The number of nitrogens with one attached hydrogen (secondary N) is 1. The van der Waals surface area contributed by atoms with E-state index in [-0.39, 0.29) is 33.8 Å². The molecule has 0 radical (unpaired) electrons. The molecule has 1 amide bonds. The fraction of sp³-hybridized carbons (Fsp3) is 0.0800. The van der Waals surface area contributed by atoms with Crippen LogP contribution >= 0.6 is 0 Å². The van der Waals surface area contributed by atoms with Gasteiger partial charge in [-0.05, 0) is 36.4 Å². The number of benzene rings is 3. The molecule has 0 aliphatic heterocycles. The number of fused-ring (bicyclic) bond motifs is 5. The third kappa shape index (κ3) is 2.95. The summed E-state index contributed by atoms with van der Waals surface area (Å²) in [6.45, 7) is 0. The van der Waals surface area contributed by atoms with Crippen LogP contribution in [0.1, 0.15) is 26.3 Å². The highest BCUT2D eigenvalue weighted by molar-refractivity contribution is 6.27. The highest BCUT2D eigenvalue weighted by Crippen LogP contribution is 2.42. The van der Waals surface area contributed by atoms with Gasteiger partial charge in [-0.15, -0.1) is 0 Å². The first kappa shape index (κ1) is 20.3. The molecule has 0 saturated carbocycles. The van der Waals surface area contributed by atoms with E-state index in [1.165, 1.54) is 38.5 Å². The van der Waals surface area contributed by atoms with Gasteiger partial charge in [-0.1, -0.05) is 24.3 Å². The quantitative estimate of drug-likeness (QED) is 0.442. The smallest absolute Gasteiger partial charge is 0.281 e. The van der Waals surface area contributed by atoms with Crippen molar-refractivity contribution in [1.82, 2.24) is 4.68 Å². The molecule has 0 spiro atoms. The average Bonchev–Trinajstić information content (AvgIpc) is 3.13. The zero-order chi connectivity index (χ0) is 23.3. The van der Waals surface area contributed by atoms with Crippen molar-refractivity contribution in [2.45, 2.75) is 0 Å². The molecule has 1 aliphatic rings. The van der Waals surface area contributed by atoms with E-state index in [0.29, 0.717) is 28.0 Å². The van der Waals surface area contributed by atoms with E-state index in [0.717, 1.165) is 4.68 Å². The Balaban J connectivity index is 1.84. The number of nitrogens with zero attached hydrogens (tertiary/aromatic N) is 1. The summed E-state index contributed by atoms with van der Waals surface area (Å²) < 4.78 is 11.9. The number of methoxy groups -OCH3 is 2. The zero-order valence-electron chi connectivity index (χ0n) is 17.7. The normalized spacial score (nSPS) is 11.8. The monoisotopic (exact) mass is 442 g/mol. The summed E-state index contributed by atoms with van der Waals surface area (Å²) >= 11 is 0. The number of ketones is 1. The van der Waals surface area contributed by atoms with Crippen LogP contribution in [0.4, 0.5) is 0 Å². The van der Waals surface area contributed by atoms with E-state index >= 15 is 0 Å². The minimum absolute atomic E-state index is 0.00618. The molecular weight excluding hydrogens is 424 g/mol. The van der Waals surface area contributed by atoms with E-state index in [9.17, 15) is 19.5 Å². The number of amides is 1. The molecule has 0 unspecified atom stereocenters. The molecular formula is C25H18N2O6. The fourth-order valence-corrected chi connectivity index (χ4v) is 4.19. The molecule has 2 N–H and O–H groups in total. The van der Waals surface area contributed by atoms with Gasteiger partial charge in [0.15, 0.2) is 17.3 Å². The molecule has 164 valence electrons. The predicted octanol–water partition coefficient (Wildman–Crippen LogP) is 3.32. The van der Waals surface area contributed by atoms with Gasteiger partial charge in [0, 0.05) is 22.1 Å². The summed E-state index contributed by atoms with van der Waals surface area (Å²) in [6, 6.07) is 15.8. The molecule has 5 rings (SSSR count). The maximum Gasteiger partial charge on any atom is 0.281 e. The third-order valence-electron chi connectivity index (χ3n) is 5.69. The van der Waals surface area contributed by atoms with Crippen LogP contribution in [0, 0.1) is 0 Å². The van der Waals surface area contributed by atoms with E-state index in [2.05, 4.69) is 5.43 Å². The van der Waals surface area contributed by atoms with Gasteiger partial charge in [0.1, 0.15) is 5.75 Å². The molecule has 1 heterocycles. The minimum Gasteiger partial charge on any atom is -0.508 e. The first-order valence-electron chi connectivity index (χ1n) is 10.0. The van der Waals surface area contributed by atoms with Crippen molar-refractivity contribution in [1.29, 1.82) is 0 Å². The second-order valence-corrected chi connectivity index (χ2v) is 7.45. The van der Waals surface area contributed by atoms with Gasteiger partial charge >= 0.3 is 0 Å². The van der Waals surface area contributed by atoms with Crippen molar-refractivity contribution in [3.05, 3.63) is 87.7 Å². The third-order valence-corrected chi connectivity index (χ3v) is 5.69. The number of carbonyl (C=O) groups excluding carboxylic acids is 2. The van der Waals surface area contributed by atoms with Crippen molar-refractivity contribution >= 4 is 22.5 Å². The Morgan fingerprint density at radius 1 is 0.909 bits per heavy atom. The molecule has 8 heteroatoms. The number of rotatable bonds is 4. The lowest BCUT2D eigenvalue weighted by Crippen LogP contribution is -2.35. The fourth-order valence-electron chi connectivity index (χ4n) is 4.19. The van der Waals surface area contributed by atoms with E-state index < -0.39 is 11.5 Å². The Morgan fingerprint density at radius 2 is 1.61 bits per heavy atom. The number of pyridine rings is 1. The Hall–Kier alpha value is -4.59. The SMILES string of the molecule is COc1ccc2c3c(n(NC(=O)c4ccc(O)cc4)c(=O)c2c1OC)-c1ccccc1C3=O. The van der Waals surface area contributed by atoms with Crippen LogP contribution < -0.4 is 20.5 Å². The Bertz CT molecular complexity index is 1520. The van der Waals surface area contributed by atoms with Crippen LogP contribution in [-0.2, 0) is 0 Å². The molecule has 0 saturated heterocycles. The number of hydrogen-bond donors (Lipinski definition) is 2. The number of ether oxygens (including phenoxy) is 2. The largest absolute Gasteiger partial charge is 0.508 e. The van der Waals surface area contributed by atoms with Crippen molar-refractivity contribution in [3.8, 4) is 28.5 Å². The lowest BCUT2D eigenvalue weighted by Gasteiger charge is -2.18. The first-order valence-corrected chi connectivity index (χ1v) is 10.0. The molecule has 3 aromatic carbocycles. The second kappa shape index (κ2) is 7.52. The molecule has 33 heavy (non-hydrogen) atoms. The molecule has 0 atom stereocenters. The van der Waals surface area contributed by atoms with E-state index in [1.54, 1.807) is 36.4 Å². The van der Waals surface area contributed by atoms with Gasteiger partial charge in [0.2, 0.25) is 0 Å². The van der Waals surface area contributed by atoms with Crippen LogP contribution in [0.3, 0.4) is 0 Å². The molecule has 8 nitrogen and oxygen atoms in total. The molecule has 1 aromatic heterocycles. The first-order chi connectivity index (χ1) is 16.0. The van der Waals surface area contributed by atoms with Gasteiger partial charge in [0.05, 0.1) is 30.9 Å². The maximum atomic E-state index is 13.7. The summed E-state index contributed by atoms with van der Waals surface area (Å²) in [5.41, 5.74) is 3.84. The average molecular weight is 442 g/mol. The number of aromatic nitrogens is 1. The van der Waals surface area contributed by atoms with Crippen LogP contribution in [0.15, 0.2) is 65.5 Å². The van der Waals surface area contributed by atoms with Crippen molar-refractivity contribution in [2.24, 2.45) is 0 Å². The number of hydrogen-bond acceptors (Lipinski definition) is 6.